The number of hydrogen-bond donors (Lipinski definition) is 3. The van der Waals surface area contributed by atoms with Crippen LogP contribution in [-0.2, 0) is 0 Å². The first-order valence-electron chi connectivity index (χ1n) is 16.8. The minimum atomic E-state index is -0.733. The first-order valence-corrected chi connectivity index (χ1v) is 16.8. The molecule has 2 unspecified atom stereocenters. The van der Waals surface area contributed by atoms with E-state index in [1.54, 1.807) is 6.20 Å². The molecule has 4 aromatic rings. The van der Waals surface area contributed by atoms with Crippen molar-refractivity contribution in [2.24, 2.45) is 5.41 Å². The highest BCUT2D eigenvalue weighted by Gasteiger charge is 2.53. The number of halogens is 2. The number of pyridine rings is 1. The van der Waals surface area contributed by atoms with E-state index in [1.165, 1.54) is 24.3 Å². The molecule has 48 heavy (non-hydrogen) atoms. The number of phenolic OH excluding ortho intramolecular Hbond substituents is 1. The smallest absolute Gasteiger partial charge is 0.319 e. The van der Waals surface area contributed by atoms with Crippen molar-refractivity contribution < 1.29 is 23.7 Å². The minimum absolute atomic E-state index is 0.0264. The molecule has 2 aromatic heterocycles. The number of benzene rings is 2. The highest BCUT2D eigenvalue weighted by Crippen LogP contribution is 2.50. The zero-order valence-corrected chi connectivity index (χ0v) is 26.4. The third-order valence-electron chi connectivity index (χ3n) is 11.0. The lowest BCUT2D eigenvalue weighted by Gasteiger charge is -2.34. The second-order valence-electron chi connectivity index (χ2n) is 14.4. The first-order chi connectivity index (χ1) is 23.2. The maximum Gasteiger partial charge on any atom is 0.319 e. The SMILES string of the molecule is C#Cc1c(F)ccc2cc(O)cc(-c3ncc4c(N5CC6CCC(C5)N6)nc(OCC5(CN6CC=C[C@@H]6C6(O)CC6)CC5)nc4c3F)c12. The van der Waals surface area contributed by atoms with Crippen LogP contribution in [0.25, 0.3) is 32.9 Å². The number of fused-ring (bicyclic) bond motifs is 4. The molecule has 2 saturated heterocycles. The van der Waals surface area contributed by atoms with Crippen molar-refractivity contribution in [2.75, 3.05) is 37.7 Å². The summed E-state index contributed by atoms with van der Waals surface area (Å²) in [6.07, 6.45) is 17.2. The minimum Gasteiger partial charge on any atom is -0.508 e. The average Bonchev–Trinajstić information content (AvgIpc) is 3.93. The van der Waals surface area contributed by atoms with Crippen molar-refractivity contribution in [3.63, 3.8) is 0 Å². The Morgan fingerprint density at radius 1 is 1.08 bits per heavy atom. The molecule has 0 spiro atoms. The molecule has 246 valence electrons. The van der Waals surface area contributed by atoms with Gasteiger partial charge in [-0.15, -0.1) is 6.42 Å². The van der Waals surface area contributed by atoms with Crippen LogP contribution in [0, 0.1) is 29.4 Å². The molecule has 2 saturated carbocycles. The quantitative estimate of drug-likeness (QED) is 0.185. The second kappa shape index (κ2) is 10.8. The van der Waals surface area contributed by atoms with E-state index in [-0.39, 0.29) is 50.9 Å². The summed E-state index contributed by atoms with van der Waals surface area (Å²) in [7, 11) is 0. The van der Waals surface area contributed by atoms with Crippen LogP contribution in [-0.4, -0.2) is 86.6 Å². The maximum absolute atomic E-state index is 16.9. The molecule has 11 heteroatoms. The van der Waals surface area contributed by atoms with Gasteiger partial charge in [0.1, 0.15) is 28.6 Å². The van der Waals surface area contributed by atoms with Crippen LogP contribution in [0.15, 0.2) is 42.6 Å². The standard InChI is InChI=1S/C37H36F2N6O3/c1-2-25-28(38)8-5-21-14-24(46)15-26(30(21)25)32-31(39)33-27(16-40-32)34(45-17-22-6-7-23(18-45)41-22)43-35(42-33)48-20-36(9-10-36)19-44-13-3-4-29(44)37(47)11-12-37/h1,3-5,8,14-16,22-23,29,41,46-47H,6-7,9-13,17-20H2/t22?,23?,29-/m1/s1. The van der Waals surface area contributed by atoms with Gasteiger partial charge in [-0.25, -0.2) is 8.78 Å². The van der Waals surface area contributed by atoms with Gasteiger partial charge in [0.2, 0.25) is 0 Å². The van der Waals surface area contributed by atoms with Gasteiger partial charge in [0.05, 0.1) is 29.2 Å². The van der Waals surface area contributed by atoms with Gasteiger partial charge in [0, 0.05) is 60.8 Å². The number of anilines is 1. The molecule has 5 aliphatic rings. The number of nitrogens with zero attached hydrogens (tertiary/aromatic N) is 5. The molecular formula is C37H36F2N6O3. The van der Waals surface area contributed by atoms with Crippen molar-refractivity contribution in [3.8, 4) is 35.4 Å². The lowest BCUT2D eigenvalue weighted by Crippen LogP contribution is -2.51. The van der Waals surface area contributed by atoms with E-state index < -0.39 is 17.2 Å². The third kappa shape index (κ3) is 4.97. The van der Waals surface area contributed by atoms with Crippen molar-refractivity contribution in [1.82, 2.24) is 25.2 Å². The number of phenols is 1. The van der Waals surface area contributed by atoms with Crippen LogP contribution < -0.4 is 15.0 Å². The summed E-state index contributed by atoms with van der Waals surface area (Å²) < 4.78 is 38.1. The summed E-state index contributed by atoms with van der Waals surface area (Å²) in [6.45, 7) is 3.38. The number of hydrogen-bond acceptors (Lipinski definition) is 9. The Hall–Kier alpha value is -4.37. The lowest BCUT2D eigenvalue weighted by atomic mass is 9.96. The number of terminal acetylenes is 1. The van der Waals surface area contributed by atoms with Gasteiger partial charge in [-0.05, 0) is 62.1 Å². The van der Waals surface area contributed by atoms with Crippen molar-refractivity contribution in [2.45, 2.75) is 62.3 Å². The fourth-order valence-corrected chi connectivity index (χ4v) is 8.08. The molecule has 0 amide bonds. The molecule has 0 radical (unpaired) electrons. The van der Waals surface area contributed by atoms with Gasteiger partial charge in [0.25, 0.3) is 0 Å². The molecule has 4 fully saturated rings. The van der Waals surface area contributed by atoms with Gasteiger partial charge >= 0.3 is 6.01 Å². The van der Waals surface area contributed by atoms with Crippen molar-refractivity contribution in [3.05, 3.63) is 59.8 Å². The highest BCUT2D eigenvalue weighted by atomic mass is 19.1. The molecular weight excluding hydrogens is 614 g/mol. The molecule has 9 nitrogen and oxygen atoms in total. The van der Waals surface area contributed by atoms with Crippen LogP contribution in [0.4, 0.5) is 14.6 Å². The van der Waals surface area contributed by atoms with Crippen LogP contribution in [0.3, 0.4) is 0 Å². The summed E-state index contributed by atoms with van der Waals surface area (Å²) >= 11 is 0. The molecule has 3 atom stereocenters. The predicted octanol–water partition coefficient (Wildman–Crippen LogP) is 4.68. The summed E-state index contributed by atoms with van der Waals surface area (Å²) in [5.74, 6) is 1.47. The van der Waals surface area contributed by atoms with E-state index in [4.69, 9.17) is 16.1 Å². The maximum atomic E-state index is 16.9. The Labute approximate surface area is 276 Å². The Bertz CT molecular complexity index is 2040. The van der Waals surface area contributed by atoms with Gasteiger partial charge in [-0.2, -0.15) is 9.97 Å². The van der Waals surface area contributed by atoms with Gasteiger partial charge in [-0.3, -0.25) is 9.88 Å². The summed E-state index contributed by atoms with van der Waals surface area (Å²) in [6, 6.07) is 6.27. The molecule has 2 aliphatic carbocycles. The zero-order chi connectivity index (χ0) is 32.8. The van der Waals surface area contributed by atoms with Crippen molar-refractivity contribution in [1.29, 1.82) is 0 Å². The Kier molecular flexibility index (Phi) is 6.71. The van der Waals surface area contributed by atoms with Gasteiger partial charge < -0.3 is 25.2 Å². The largest absolute Gasteiger partial charge is 0.508 e. The molecule has 3 N–H and O–H groups in total. The number of aromatic hydroxyl groups is 1. The monoisotopic (exact) mass is 650 g/mol. The van der Waals surface area contributed by atoms with Crippen LogP contribution >= 0.6 is 0 Å². The summed E-state index contributed by atoms with van der Waals surface area (Å²) in [4.78, 5) is 18.5. The first kappa shape index (κ1) is 29.7. The topological polar surface area (TPSA) is 107 Å². The number of aliphatic hydroxyl groups is 1. The molecule has 3 aliphatic heterocycles. The van der Waals surface area contributed by atoms with Crippen LogP contribution in [0.1, 0.15) is 44.1 Å². The predicted molar refractivity (Wildman–Crippen MR) is 178 cm³/mol. The average molecular weight is 651 g/mol. The van der Waals surface area contributed by atoms with Gasteiger partial charge in [0.15, 0.2) is 5.82 Å². The Balaban J connectivity index is 1.11. The van der Waals surface area contributed by atoms with E-state index in [9.17, 15) is 14.6 Å². The van der Waals surface area contributed by atoms with E-state index >= 15 is 4.39 Å². The van der Waals surface area contributed by atoms with E-state index in [1.807, 2.05) is 0 Å². The fourth-order valence-electron chi connectivity index (χ4n) is 8.08. The Morgan fingerprint density at radius 2 is 1.88 bits per heavy atom. The van der Waals surface area contributed by atoms with Gasteiger partial charge in [-0.1, -0.05) is 24.1 Å². The second-order valence-corrected chi connectivity index (χ2v) is 14.4. The normalized spacial score (nSPS) is 25.1. The summed E-state index contributed by atoms with van der Waals surface area (Å²) in [5.41, 5.74) is -0.661. The highest BCUT2D eigenvalue weighted by molar-refractivity contribution is 6.03. The lowest BCUT2D eigenvalue weighted by molar-refractivity contribution is 0.0495. The van der Waals surface area contributed by atoms with Crippen LogP contribution in [0.2, 0.25) is 0 Å². The van der Waals surface area contributed by atoms with E-state index in [2.05, 4.69) is 43.2 Å². The number of rotatable bonds is 8. The molecule has 2 bridgehead atoms. The number of nitrogens with one attached hydrogen (secondary N) is 1. The van der Waals surface area contributed by atoms with E-state index in [0.29, 0.717) is 48.4 Å². The zero-order valence-electron chi connectivity index (χ0n) is 26.4. The number of ether oxygens (including phenoxy) is 1. The van der Waals surface area contributed by atoms with Crippen LogP contribution in [0.5, 0.6) is 11.8 Å². The molecule has 9 rings (SSSR count). The fraction of sp³-hybridized carbons (Fsp3) is 0.432. The molecule has 5 heterocycles. The third-order valence-corrected chi connectivity index (χ3v) is 11.0. The van der Waals surface area contributed by atoms with Crippen molar-refractivity contribution >= 4 is 27.5 Å². The molecule has 2 aromatic carbocycles. The van der Waals surface area contributed by atoms with E-state index in [0.717, 1.165) is 51.6 Å². The Morgan fingerprint density at radius 3 is 2.60 bits per heavy atom. The number of piperazine rings is 1. The number of aromatic nitrogens is 3. The summed E-state index contributed by atoms with van der Waals surface area (Å²) in [5, 5.41) is 26.2.